The monoisotopic (exact) mass is 345 g/mol. The SMILES string of the molecule is CCOC(=O)C1CCC(c2ccc(C(F)(F)F)cc2[N+](=O)[O-])CC1. The van der Waals surface area contributed by atoms with Crippen LogP contribution in [-0.4, -0.2) is 17.5 Å². The Bertz CT molecular complexity index is 622. The molecular formula is C16H18F3NO4. The number of nitrogens with zero attached hydrogens (tertiary/aromatic N) is 1. The molecule has 1 aliphatic rings. The van der Waals surface area contributed by atoms with Gasteiger partial charge in [-0.15, -0.1) is 0 Å². The van der Waals surface area contributed by atoms with Gasteiger partial charge in [0.2, 0.25) is 0 Å². The van der Waals surface area contributed by atoms with E-state index < -0.39 is 22.4 Å². The van der Waals surface area contributed by atoms with Crippen molar-refractivity contribution in [2.45, 2.75) is 44.7 Å². The second kappa shape index (κ2) is 7.19. The molecule has 5 nitrogen and oxygen atoms in total. The fourth-order valence-electron chi connectivity index (χ4n) is 3.12. The number of halogens is 3. The molecule has 0 unspecified atom stereocenters. The molecule has 1 aromatic rings. The van der Waals surface area contributed by atoms with Crippen molar-refractivity contribution in [3.8, 4) is 0 Å². The van der Waals surface area contributed by atoms with E-state index in [4.69, 9.17) is 4.74 Å². The molecule has 2 rings (SSSR count). The highest BCUT2D eigenvalue weighted by molar-refractivity contribution is 5.72. The van der Waals surface area contributed by atoms with Crippen LogP contribution in [0.2, 0.25) is 0 Å². The third kappa shape index (κ3) is 4.04. The summed E-state index contributed by atoms with van der Waals surface area (Å²) in [7, 11) is 0. The van der Waals surface area contributed by atoms with Crippen LogP contribution < -0.4 is 0 Å². The number of carbonyl (C=O) groups is 1. The Balaban J connectivity index is 2.18. The molecular weight excluding hydrogens is 327 g/mol. The molecule has 0 bridgehead atoms. The maximum absolute atomic E-state index is 12.7. The molecule has 0 atom stereocenters. The molecule has 132 valence electrons. The summed E-state index contributed by atoms with van der Waals surface area (Å²) in [5.74, 6) is -0.745. The highest BCUT2D eigenvalue weighted by Crippen LogP contribution is 2.41. The standard InChI is InChI=1S/C16H18F3NO4/c1-2-24-15(21)11-5-3-10(4-6-11)13-8-7-12(16(17,18)19)9-14(13)20(22)23/h7-11H,2-6H2,1H3. The highest BCUT2D eigenvalue weighted by atomic mass is 19.4. The van der Waals surface area contributed by atoms with Gasteiger partial charge in [-0.1, -0.05) is 6.07 Å². The molecule has 0 amide bonds. The minimum atomic E-state index is -4.62. The summed E-state index contributed by atoms with van der Waals surface area (Å²) in [6, 6.07) is 2.66. The Kier molecular flexibility index (Phi) is 5.46. The van der Waals surface area contributed by atoms with Crippen LogP contribution in [-0.2, 0) is 15.7 Å². The predicted molar refractivity (Wildman–Crippen MR) is 79.4 cm³/mol. The van der Waals surface area contributed by atoms with Gasteiger partial charge < -0.3 is 4.74 Å². The first-order valence-corrected chi connectivity index (χ1v) is 7.76. The summed E-state index contributed by atoms with van der Waals surface area (Å²) in [5, 5.41) is 11.2. The van der Waals surface area contributed by atoms with E-state index in [9.17, 15) is 28.1 Å². The number of alkyl halides is 3. The van der Waals surface area contributed by atoms with E-state index in [2.05, 4.69) is 0 Å². The second-order valence-corrected chi connectivity index (χ2v) is 5.83. The van der Waals surface area contributed by atoms with Crippen LogP contribution in [0.25, 0.3) is 0 Å². The molecule has 0 spiro atoms. The lowest BCUT2D eigenvalue weighted by molar-refractivity contribution is -0.386. The van der Waals surface area contributed by atoms with Crippen molar-refractivity contribution < 1.29 is 27.6 Å². The van der Waals surface area contributed by atoms with Gasteiger partial charge >= 0.3 is 12.1 Å². The van der Waals surface area contributed by atoms with Crippen molar-refractivity contribution >= 4 is 11.7 Å². The van der Waals surface area contributed by atoms with Crippen molar-refractivity contribution in [2.24, 2.45) is 5.92 Å². The molecule has 0 radical (unpaired) electrons. The fourth-order valence-corrected chi connectivity index (χ4v) is 3.12. The summed E-state index contributed by atoms with van der Waals surface area (Å²) < 4.78 is 43.2. The van der Waals surface area contributed by atoms with Gasteiger partial charge in [0.25, 0.3) is 5.69 Å². The molecule has 0 heterocycles. The molecule has 0 aromatic heterocycles. The van der Waals surface area contributed by atoms with Crippen LogP contribution >= 0.6 is 0 Å². The first-order valence-electron chi connectivity index (χ1n) is 7.76. The average Bonchev–Trinajstić information content (AvgIpc) is 2.53. The van der Waals surface area contributed by atoms with Gasteiger partial charge in [-0.05, 0) is 44.6 Å². The molecule has 0 saturated heterocycles. The van der Waals surface area contributed by atoms with Crippen LogP contribution in [0, 0.1) is 16.0 Å². The Hall–Kier alpha value is -2.12. The summed E-state index contributed by atoms with van der Waals surface area (Å²) in [6.45, 7) is 2.01. The van der Waals surface area contributed by atoms with Crippen molar-refractivity contribution in [3.63, 3.8) is 0 Å². The maximum atomic E-state index is 12.7. The van der Waals surface area contributed by atoms with Gasteiger partial charge in [-0.2, -0.15) is 13.2 Å². The van der Waals surface area contributed by atoms with Crippen LogP contribution in [0.1, 0.15) is 49.7 Å². The third-order valence-electron chi connectivity index (χ3n) is 4.34. The normalized spacial score (nSPS) is 21.3. The first kappa shape index (κ1) is 18.2. The Morgan fingerprint density at radius 2 is 1.92 bits per heavy atom. The summed E-state index contributed by atoms with van der Waals surface area (Å²) in [5.41, 5.74) is -1.24. The van der Waals surface area contributed by atoms with Crippen LogP contribution in [0.15, 0.2) is 18.2 Å². The summed E-state index contributed by atoms with van der Waals surface area (Å²) in [4.78, 5) is 22.1. The van der Waals surface area contributed by atoms with Crippen LogP contribution in [0.3, 0.4) is 0 Å². The molecule has 1 fully saturated rings. The minimum Gasteiger partial charge on any atom is -0.466 e. The van der Waals surface area contributed by atoms with Crippen molar-refractivity contribution in [2.75, 3.05) is 6.61 Å². The van der Waals surface area contributed by atoms with Gasteiger partial charge in [0.05, 0.1) is 23.0 Å². The minimum absolute atomic E-state index is 0.224. The van der Waals surface area contributed by atoms with Gasteiger partial charge in [-0.3, -0.25) is 14.9 Å². The first-order chi connectivity index (χ1) is 11.2. The number of hydrogen-bond donors (Lipinski definition) is 0. The second-order valence-electron chi connectivity index (χ2n) is 5.83. The fraction of sp³-hybridized carbons (Fsp3) is 0.562. The topological polar surface area (TPSA) is 69.4 Å². The number of benzene rings is 1. The molecule has 0 N–H and O–H groups in total. The van der Waals surface area contributed by atoms with E-state index in [1.807, 2.05) is 0 Å². The predicted octanol–water partition coefficient (Wildman–Crippen LogP) is 4.45. The van der Waals surface area contributed by atoms with Crippen LogP contribution in [0.5, 0.6) is 0 Å². The van der Waals surface area contributed by atoms with Crippen molar-refractivity contribution in [3.05, 3.63) is 39.4 Å². The van der Waals surface area contributed by atoms with Crippen molar-refractivity contribution in [1.82, 2.24) is 0 Å². The quantitative estimate of drug-likeness (QED) is 0.459. The lowest BCUT2D eigenvalue weighted by Gasteiger charge is -2.27. The third-order valence-corrected chi connectivity index (χ3v) is 4.34. The zero-order valence-corrected chi connectivity index (χ0v) is 13.1. The number of hydrogen-bond acceptors (Lipinski definition) is 4. The average molecular weight is 345 g/mol. The van der Waals surface area contributed by atoms with E-state index in [0.717, 1.165) is 6.07 Å². The van der Waals surface area contributed by atoms with E-state index in [1.165, 1.54) is 6.07 Å². The Morgan fingerprint density at radius 1 is 1.29 bits per heavy atom. The van der Waals surface area contributed by atoms with Gasteiger partial charge in [0.1, 0.15) is 0 Å². The number of carbonyl (C=O) groups excluding carboxylic acids is 1. The van der Waals surface area contributed by atoms with Crippen molar-refractivity contribution in [1.29, 1.82) is 0 Å². The van der Waals surface area contributed by atoms with E-state index in [-0.39, 0.29) is 17.8 Å². The smallest absolute Gasteiger partial charge is 0.416 e. The van der Waals surface area contributed by atoms with E-state index in [1.54, 1.807) is 6.92 Å². The zero-order valence-electron chi connectivity index (χ0n) is 13.1. The molecule has 8 heteroatoms. The highest BCUT2D eigenvalue weighted by Gasteiger charge is 2.35. The molecule has 1 aromatic carbocycles. The van der Waals surface area contributed by atoms with Gasteiger partial charge in [0.15, 0.2) is 0 Å². The zero-order chi connectivity index (χ0) is 17.9. The lowest BCUT2D eigenvalue weighted by Crippen LogP contribution is -2.23. The van der Waals surface area contributed by atoms with Gasteiger partial charge in [0, 0.05) is 11.6 Å². The maximum Gasteiger partial charge on any atom is 0.416 e. The molecule has 1 aliphatic carbocycles. The summed E-state index contributed by atoms with van der Waals surface area (Å²) in [6.07, 6.45) is -2.57. The van der Waals surface area contributed by atoms with Crippen LogP contribution in [0.4, 0.5) is 18.9 Å². The van der Waals surface area contributed by atoms with Gasteiger partial charge in [-0.25, -0.2) is 0 Å². The van der Waals surface area contributed by atoms with E-state index in [0.29, 0.717) is 43.9 Å². The Labute approximate surface area is 136 Å². The number of esters is 1. The molecule has 24 heavy (non-hydrogen) atoms. The number of nitro groups is 1. The molecule has 1 saturated carbocycles. The Morgan fingerprint density at radius 3 is 2.42 bits per heavy atom. The van der Waals surface area contributed by atoms with E-state index >= 15 is 0 Å². The lowest BCUT2D eigenvalue weighted by atomic mass is 9.78. The number of rotatable bonds is 4. The largest absolute Gasteiger partial charge is 0.466 e. The number of ether oxygens (including phenoxy) is 1. The molecule has 0 aliphatic heterocycles. The number of nitro benzene ring substituents is 1. The summed E-state index contributed by atoms with van der Waals surface area (Å²) >= 11 is 0.